The number of pyridine rings is 1. The number of piperidine rings is 1. The van der Waals surface area contributed by atoms with E-state index in [1.807, 2.05) is 12.4 Å². The molecule has 1 aliphatic heterocycles. The van der Waals surface area contributed by atoms with Crippen LogP contribution in [-0.4, -0.2) is 40.2 Å². The molecule has 1 aliphatic carbocycles. The average Bonchev–Trinajstić information content (AvgIpc) is 3.51. The van der Waals surface area contributed by atoms with Gasteiger partial charge in [0.25, 0.3) is 5.91 Å². The van der Waals surface area contributed by atoms with Crippen LogP contribution < -0.4 is 10.5 Å². The molecule has 0 bridgehead atoms. The number of hydrogen-bond donors (Lipinski definition) is 2. The van der Waals surface area contributed by atoms with Crippen LogP contribution in [0.5, 0.6) is 5.75 Å². The van der Waals surface area contributed by atoms with Gasteiger partial charge in [0.2, 0.25) is 0 Å². The zero-order valence-corrected chi connectivity index (χ0v) is 17.3. The predicted molar refractivity (Wildman–Crippen MR) is 113 cm³/mol. The molecule has 1 aromatic carbocycles. The van der Waals surface area contributed by atoms with Gasteiger partial charge in [-0.15, -0.1) is 13.2 Å². The van der Waals surface area contributed by atoms with E-state index in [0.29, 0.717) is 24.9 Å². The highest BCUT2D eigenvalue weighted by Crippen LogP contribution is 2.42. The number of aromatic nitrogens is 2. The number of benzene rings is 1. The number of halogens is 3. The van der Waals surface area contributed by atoms with Crippen LogP contribution in [0.4, 0.5) is 18.9 Å². The van der Waals surface area contributed by atoms with E-state index < -0.39 is 12.1 Å². The van der Waals surface area contributed by atoms with Crippen molar-refractivity contribution in [3.63, 3.8) is 0 Å². The molecule has 2 aliphatic rings. The summed E-state index contributed by atoms with van der Waals surface area (Å²) in [5.41, 5.74) is 9.41. The summed E-state index contributed by atoms with van der Waals surface area (Å²) in [5.74, 6) is 0.219. The lowest BCUT2D eigenvalue weighted by Crippen LogP contribution is -2.38. The molecule has 0 unspecified atom stereocenters. The number of likely N-dealkylation sites (tertiary alicyclic amines) is 1. The summed E-state index contributed by atoms with van der Waals surface area (Å²) in [6.07, 6.45) is 3.20. The fourth-order valence-corrected chi connectivity index (χ4v) is 4.51. The fourth-order valence-electron chi connectivity index (χ4n) is 4.51. The molecule has 0 radical (unpaired) electrons. The maximum absolute atomic E-state index is 12.9. The van der Waals surface area contributed by atoms with Crippen LogP contribution >= 0.6 is 0 Å². The van der Waals surface area contributed by atoms with Crippen LogP contribution in [0.3, 0.4) is 0 Å². The van der Waals surface area contributed by atoms with Crippen LogP contribution in [0, 0.1) is 0 Å². The van der Waals surface area contributed by atoms with Gasteiger partial charge in [-0.25, -0.2) is 4.98 Å². The third kappa shape index (κ3) is 4.11. The second-order valence-corrected chi connectivity index (χ2v) is 8.55. The lowest BCUT2D eigenvalue weighted by Gasteiger charge is -2.32. The Kier molecular flexibility index (Phi) is 4.98. The number of carbonyl (C=O) groups excluding carboxylic acids is 1. The number of fused-ring (bicyclic) bond motifs is 1. The summed E-state index contributed by atoms with van der Waals surface area (Å²) >= 11 is 0. The van der Waals surface area contributed by atoms with E-state index in [4.69, 9.17) is 5.73 Å². The predicted octanol–water partition coefficient (Wildman–Crippen LogP) is 4.94. The first-order valence-electron chi connectivity index (χ1n) is 10.7. The van der Waals surface area contributed by atoms with Gasteiger partial charge in [0.15, 0.2) is 0 Å². The van der Waals surface area contributed by atoms with Gasteiger partial charge < -0.3 is 20.4 Å². The van der Waals surface area contributed by atoms with Crippen molar-refractivity contribution in [3.8, 4) is 5.75 Å². The number of rotatable bonds is 4. The molecule has 2 aromatic heterocycles. The van der Waals surface area contributed by atoms with Gasteiger partial charge in [-0.05, 0) is 66.8 Å². The topological polar surface area (TPSA) is 84.2 Å². The van der Waals surface area contributed by atoms with Gasteiger partial charge in [0, 0.05) is 42.6 Å². The molecule has 3 N–H and O–H groups in total. The van der Waals surface area contributed by atoms with E-state index in [-0.39, 0.29) is 17.2 Å². The summed E-state index contributed by atoms with van der Waals surface area (Å²) in [5, 5.41) is 1.16. The van der Waals surface area contributed by atoms with E-state index in [1.165, 1.54) is 30.0 Å². The van der Waals surface area contributed by atoms with Crippen LogP contribution in [0.25, 0.3) is 11.0 Å². The van der Waals surface area contributed by atoms with Crippen molar-refractivity contribution in [2.75, 3.05) is 18.8 Å². The maximum Gasteiger partial charge on any atom is 0.573 e. The number of nitrogens with zero attached hydrogens (tertiary/aromatic N) is 2. The Labute approximate surface area is 182 Å². The number of hydrogen-bond acceptors (Lipinski definition) is 4. The molecule has 3 aromatic rings. The Morgan fingerprint density at radius 3 is 2.53 bits per heavy atom. The van der Waals surface area contributed by atoms with Crippen LogP contribution in [0.1, 0.15) is 59.0 Å². The number of nitrogens with one attached hydrogen (secondary N) is 1. The monoisotopic (exact) mass is 444 g/mol. The number of amides is 1. The molecule has 6 nitrogen and oxygen atoms in total. The molecule has 1 saturated carbocycles. The summed E-state index contributed by atoms with van der Waals surface area (Å²) in [6, 6.07) is 5.67. The molecule has 9 heteroatoms. The van der Waals surface area contributed by atoms with Crippen molar-refractivity contribution in [2.45, 2.75) is 43.9 Å². The SMILES string of the molecule is Nc1cc(OC(F)(F)F)ccc1C(=O)N1CCC(c2c[nH]c3ncc(C4CC4)cc23)CC1. The molecule has 32 heavy (non-hydrogen) atoms. The van der Waals surface area contributed by atoms with Gasteiger partial charge in [-0.1, -0.05) is 0 Å². The second kappa shape index (κ2) is 7.72. The Bertz CT molecular complexity index is 1160. The van der Waals surface area contributed by atoms with Gasteiger partial charge in [-0.2, -0.15) is 0 Å². The quantitative estimate of drug-likeness (QED) is 0.558. The van der Waals surface area contributed by atoms with Crippen molar-refractivity contribution in [1.29, 1.82) is 0 Å². The van der Waals surface area contributed by atoms with E-state index >= 15 is 0 Å². The normalized spacial score (nSPS) is 17.7. The standard InChI is InChI=1S/C23H23F3N4O2/c24-23(25,26)32-16-3-4-17(20(27)10-16)22(31)30-7-5-14(6-8-30)19-12-29-21-18(19)9-15(11-28-21)13-1-2-13/h3-4,9-14H,1-2,5-8,27H2,(H,28,29). The molecular weight excluding hydrogens is 421 g/mol. The van der Waals surface area contributed by atoms with Crippen LogP contribution in [0.15, 0.2) is 36.7 Å². The van der Waals surface area contributed by atoms with Gasteiger partial charge in [0.05, 0.1) is 5.56 Å². The summed E-state index contributed by atoms with van der Waals surface area (Å²) in [4.78, 5) is 22.4. The summed E-state index contributed by atoms with van der Waals surface area (Å²) in [7, 11) is 0. The molecule has 5 rings (SSSR count). The minimum Gasteiger partial charge on any atom is -0.406 e. The summed E-state index contributed by atoms with van der Waals surface area (Å²) < 4.78 is 41.0. The Hall–Kier alpha value is -3.23. The first-order chi connectivity index (χ1) is 15.3. The minimum atomic E-state index is -4.81. The van der Waals surface area contributed by atoms with Gasteiger partial charge >= 0.3 is 6.36 Å². The molecule has 3 heterocycles. The smallest absolute Gasteiger partial charge is 0.406 e. The van der Waals surface area contributed by atoms with Crippen molar-refractivity contribution in [3.05, 3.63) is 53.3 Å². The number of carbonyl (C=O) groups is 1. The fraction of sp³-hybridized carbons (Fsp3) is 0.391. The maximum atomic E-state index is 12.9. The number of alkyl halides is 3. The van der Waals surface area contributed by atoms with Crippen LogP contribution in [-0.2, 0) is 0 Å². The largest absolute Gasteiger partial charge is 0.573 e. The van der Waals surface area contributed by atoms with Crippen LogP contribution in [0.2, 0.25) is 0 Å². The first kappa shape index (κ1) is 20.7. The zero-order chi connectivity index (χ0) is 22.5. The molecule has 1 saturated heterocycles. The average molecular weight is 444 g/mol. The molecular formula is C23H23F3N4O2. The highest BCUT2D eigenvalue weighted by Gasteiger charge is 2.32. The minimum absolute atomic E-state index is 0.0332. The van der Waals surface area contributed by atoms with Gasteiger partial charge in [-0.3, -0.25) is 4.79 Å². The molecule has 2 fully saturated rings. The third-order valence-electron chi connectivity index (χ3n) is 6.34. The van der Waals surface area contributed by atoms with E-state index in [2.05, 4.69) is 20.8 Å². The van der Waals surface area contributed by atoms with Crippen molar-refractivity contribution >= 4 is 22.6 Å². The number of nitrogens with two attached hydrogens (primary N) is 1. The first-order valence-corrected chi connectivity index (χ1v) is 10.7. The highest BCUT2D eigenvalue weighted by molar-refractivity contribution is 5.99. The lowest BCUT2D eigenvalue weighted by atomic mass is 9.89. The molecule has 168 valence electrons. The Balaban J connectivity index is 1.27. The van der Waals surface area contributed by atoms with Gasteiger partial charge in [0.1, 0.15) is 11.4 Å². The second-order valence-electron chi connectivity index (χ2n) is 8.55. The Morgan fingerprint density at radius 1 is 1.12 bits per heavy atom. The number of aromatic amines is 1. The van der Waals surface area contributed by atoms with E-state index in [1.54, 1.807) is 4.90 Å². The number of nitrogen functional groups attached to an aromatic ring is 1. The number of H-pyrrole nitrogens is 1. The lowest BCUT2D eigenvalue weighted by molar-refractivity contribution is -0.274. The van der Waals surface area contributed by atoms with Crippen molar-refractivity contribution in [2.24, 2.45) is 0 Å². The van der Waals surface area contributed by atoms with Crippen molar-refractivity contribution < 1.29 is 22.7 Å². The third-order valence-corrected chi connectivity index (χ3v) is 6.34. The van der Waals surface area contributed by atoms with Crippen molar-refractivity contribution in [1.82, 2.24) is 14.9 Å². The zero-order valence-electron chi connectivity index (χ0n) is 17.3. The Morgan fingerprint density at radius 2 is 1.88 bits per heavy atom. The number of anilines is 1. The molecule has 0 atom stereocenters. The molecule has 0 spiro atoms. The highest BCUT2D eigenvalue weighted by atomic mass is 19.4. The summed E-state index contributed by atoms with van der Waals surface area (Å²) in [6.45, 7) is 1.10. The van der Waals surface area contributed by atoms with E-state index in [0.717, 1.165) is 36.0 Å². The number of ether oxygens (including phenoxy) is 1. The van der Waals surface area contributed by atoms with E-state index in [9.17, 15) is 18.0 Å². The molecule has 1 amide bonds.